The molecule has 2 heteroatoms. The van der Waals surface area contributed by atoms with Gasteiger partial charge in [0.2, 0.25) is 0 Å². The number of rotatable bonds is 0. The summed E-state index contributed by atoms with van der Waals surface area (Å²) in [5, 5.41) is 0. The normalized spacial score (nSPS) is 21.4. The van der Waals surface area contributed by atoms with E-state index in [1.54, 1.807) is 0 Å². The van der Waals surface area contributed by atoms with Crippen molar-refractivity contribution < 1.29 is 4.31 Å². The molecule has 0 amide bonds. The van der Waals surface area contributed by atoms with Crippen LogP contribution in [0.1, 0.15) is 5.56 Å². The SMILES string of the molecule is [S-][NH+]1CC=Cc2ccccc21. The minimum Gasteiger partial charge on any atom is -0.489 e. The Morgan fingerprint density at radius 3 is 2.91 bits per heavy atom. The van der Waals surface area contributed by atoms with Crippen molar-refractivity contribution in [1.29, 1.82) is 0 Å². The van der Waals surface area contributed by atoms with E-state index < -0.39 is 0 Å². The van der Waals surface area contributed by atoms with E-state index >= 15 is 0 Å². The molecular weight excluding hydrogens is 154 g/mol. The highest BCUT2D eigenvalue weighted by Gasteiger charge is 2.07. The zero-order chi connectivity index (χ0) is 7.68. The van der Waals surface area contributed by atoms with Gasteiger partial charge in [-0.3, -0.25) is 0 Å². The van der Waals surface area contributed by atoms with Crippen LogP contribution in [0.2, 0.25) is 0 Å². The third-order valence-corrected chi connectivity index (χ3v) is 2.25. The summed E-state index contributed by atoms with van der Waals surface area (Å²) in [6, 6.07) is 8.25. The second-order valence-corrected chi connectivity index (χ2v) is 3.11. The Morgan fingerprint density at radius 2 is 2.09 bits per heavy atom. The fourth-order valence-corrected chi connectivity index (χ4v) is 1.58. The van der Waals surface area contributed by atoms with Gasteiger partial charge in [-0.25, -0.2) is 0 Å². The molecule has 1 aliphatic heterocycles. The van der Waals surface area contributed by atoms with Gasteiger partial charge in [0, 0.05) is 5.56 Å². The Morgan fingerprint density at radius 1 is 1.27 bits per heavy atom. The summed E-state index contributed by atoms with van der Waals surface area (Å²) >= 11 is 5.21. The van der Waals surface area contributed by atoms with Crippen molar-refractivity contribution in [2.75, 3.05) is 6.54 Å². The summed E-state index contributed by atoms with van der Waals surface area (Å²) < 4.78 is 1.06. The summed E-state index contributed by atoms with van der Waals surface area (Å²) in [6.07, 6.45) is 4.25. The first-order valence-corrected chi connectivity index (χ1v) is 4.07. The van der Waals surface area contributed by atoms with E-state index in [4.69, 9.17) is 12.8 Å². The molecule has 1 N–H and O–H groups in total. The molecule has 0 radical (unpaired) electrons. The largest absolute Gasteiger partial charge is 0.489 e. The summed E-state index contributed by atoms with van der Waals surface area (Å²) in [4.78, 5) is 0. The highest BCUT2D eigenvalue weighted by molar-refractivity contribution is 7.51. The molecule has 2 rings (SSSR count). The molecule has 1 atom stereocenters. The molecule has 56 valence electrons. The molecule has 1 aromatic carbocycles. The molecule has 1 heterocycles. The molecule has 1 nitrogen and oxygen atoms in total. The van der Waals surface area contributed by atoms with Crippen molar-refractivity contribution in [3.63, 3.8) is 0 Å². The van der Waals surface area contributed by atoms with Gasteiger partial charge in [-0.1, -0.05) is 12.1 Å². The lowest BCUT2D eigenvalue weighted by Crippen LogP contribution is -3.02. The molecule has 1 aromatic rings. The van der Waals surface area contributed by atoms with E-state index in [-0.39, 0.29) is 0 Å². The van der Waals surface area contributed by atoms with E-state index in [1.165, 1.54) is 11.3 Å². The first-order chi connectivity index (χ1) is 5.38. The predicted molar refractivity (Wildman–Crippen MR) is 48.3 cm³/mol. The summed E-state index contributed by atoms with van der Waals surface area (Å²) in [5.41, 5.74) is 2.48. The number of para-hydroxylation sites is 1. The van der Waals surface area contributed by atoms with Crippen LogP contribution in [0.25, 0.3) is 6.08 Å². The van der Waals surface area contributed by atoms with Gasteiger partial charge in [0.25, 0.3) is 0 Å². The van der Waals surface area contributed by atoms with Gasteiger partial charge in [-0.2, -0.15) is 0 Å². The quantitative estimate of drug-likeness (QED) is 0.551. The van der Waals surface area contributed by atoms with Crippen LogP contribution in [0.4, 0.5) is 5.69 Å². The van der Waals surface area contributed by atoms with Crippen LogP contribution in [0, 0.1) is 0 Å². The topological polar surface area (TPSA) is 4.44 Å². The van der Waals surface area contributed by atoms with Crippen LogP contribution in [0.5, 0.6) is 0 Å². The highest BCUT2D eigenvalue weighted by atomic mass is 32.1. The third kappa shape index (κ3) is 1.19. The molecule has 11 heavy (non-hydrogen) atoms. The molecule has 0 aliphatic carbocycles. The van der Waals surface area contributed by atoms with Crippen molar-refractivity contribution in [2.45, 2.75) is 0 Å². The second-order valence-electron chi connectivity index (χ2n) is 2.62. The number of nitrogens with one attached hydrogen (secondary N) is 1. The Bertz CT molecular complexity index is 293. The van der Waals surface area contributed by atoms with Crippen LogP contribution >= 0.6 is 0 Å². The molecule has 1 unspecified atom stereocenters. The summed E-state index contributed by atoms with van der Waals surface area (Å²) in [5.74, 6) is 0. The van der Waals surface area contributed by atoms with Crippen LogP contribution < -0.4 is 4.31 Å². The summed E-state index contributed by atoms with van der Waals surface area (Å²) in [7, 11) is 0. The Hall–Kier alpha value is -0.730. The van der Waals surface area contributed by atoms with E-state index in [1.807, 2.05) is 12.1 Å². The average Bonchev–Trinajstić information content (AvgIpc) is 2.06. The highest BCUT2D eigenvalue weighted by Crippen LogP contribution is 2.13. The Labute approximate surface area is 71.9 Å². The number of hydrogen-bond donors (Lipinski definition) is 1. The van der Waals surface area contributed by atoms with E-state index in [9.17, 15) is 0 Å². The zero-order valence-electron chi connectivity index (χ0n) is 6.08. The second kappa shape index (κ2) is 2.72. The molecule has 0 fully saturated rings. The van der Waals surface area contributed by atoms with Crippen molar-refractivity contribution in [1.82, 2.24) is 0 Å². The van der Waals surface area contributed by atoms with Gasteiger partial charge in [0.1, 0.15) is 5.69 Å². The number of fused-ring (bicyclic) bond motifs is 1. The molecule has 0 saturated carbocycles. The average molecular weight is 163 g/mol. The van der Waals surface area contributed by atoms with Gasteiger partial charge >= 0.3 is 0 Å². The summed E-state index contributed by atoms with van der Waals surface area (Å²) in [6.45, 7) is 0.923. The van der Waals surface area contributed by atoms with Gasteiger partial charge < -0.3 is 17.1 Å². The first kappa shape index (κ1) is 6.95. The number of benzene rings is 1. The maximum atomic E-state index is 5.21. The van der Waals surface area contributed by atoms with Crippen molar-refractivity contribution in [3.05, 3.63) is 35.9 Å². The molecule has 0 aromatic heterocycles. The number of quaternary nitrogens is 1. The lowest BCUT2D eigenvalue weighted by atomic mass is 10.1. The fourth-order valence-electron chi connectivity index (χ4n) is 1.30. The van der Waals surface area contributed by atoms with Gasteiger partial charge in [-0.15, -0.1) is 0 Å². The van der Waals surface area contributed by atoms with Crippen LogP contribution in [0.3, 0.4) is 0 Å². The van der Waals surface area contributed by atoms with Gasteiger partial charge in [0.05, 0.1) is 6.54 Å². The van der Waals surface area contributed by atoms with Gasteiger partial charge in [0.15, 0.2) is 0 Å². The standard InChI is InChI=1S/C9H9NS/c11-10-7-3-5-8-4-1-2-6-9(8)10/h1-6,10H,7H2. The molecule has 0 bridgehead atoms. The van der Waals surface area contributed by atoms with Crippen LogP contribution in [-0.2, 0) is 12.8 Å². The van der Waals surface area contributed by atoms with Gasteiger partial charge in [-0.05, 0) is 24.3 Å². The van der Waals surface area contributed by atoms with Crippen LogP contribution in [0.15, 0.2) is 30.3 Å². The maximum absolute atomic E-state index is 5.21. The lowest BCUT2D eigenvalue weighted by Gasteiger charge is -2.25. The van der Waals surface area contributed by atoms with E-state index in [2.05, 4.69) is 24.3 Å². The smallest absolute Gasteiger partial charge is 0.121 e. The van der Waals surface area contributed by atoms with Crippen molar-refractivity contribution >= 4 is 24.6 Å². The third-order valence-electron chi connectivity index (χ3n) is 1.86. The fraction of sp³-hybridized carbons (Fsp3) is 0.111. The minimum atomic E-state index is 0.923. The van der Waals surface area contributed by atoms with Crippen LogP contribution in [-0.4, -0.2) is 6.54 Å². The monoisotopic (exact) mass is 163 g/mol. The number of hydrogen-bond acceptors (Lipinski definition) is 1. The molecular formula is C9H9NS. The van der Waals surface area contributed by atoms with E-state index in [0.717, 1.165) is 10.8 Å². The van der Waals surface area contributed by atoms with Crippen molar-refractivity contribution in [3.8, 4) is 0 Å². The minimum absolute atomic E-state index is 0.923. The van der Waals surface area contributed by atoms with E-state index in [0.29, 0.717) is 0 Å². The molecule has 0 spiro atoms. The Kier molecular flexibility index (Phi) is 1.72. The molecule has 0 saturated heterocycles. The zero-order valence-corrected chi connectivity index (χ0v) is 6.90. The lowest BCUT2D eigenvalue weighted by molar-refractivity contribution is -0.668. The van der Waals surface area contributed by atoms with Crippen molar-refractivity contribution in [2.24, 2.45) is 0 Å². The first-order valence-electron chi connectivity index (χ1n) is 3.67. The predicted octanol–water partition coefficient (Wildman–Crippen LogP) is 0.692. The molecule has 1 aliphatic rings. The Balaban J connectivity index is 2.54. The maximum Gasteiger partial charge on any atom is 0.121 e.